The van der Waals surface area contributed by atoms with Crippen molar-refractivity contribution in [1.29, 1.82) is 0 Å². The smallest absolute Gasteiger partial charge is 0.269 e. The van der Waals surface area contributed by atoms with Crippen molar-refractivity contribution in [3.63, 3.8) is 0 Å². The first kappa shape index (κ1) is 11.2. The molecule has 0 aromatic heterocycles. The molecule has 0 fully saturated rings. The van der Waals surface area contributed by atoms with E-state index in [0.29, 0.717) is 6.61 Å². The summed E-state index contributed by atoms with van der Waals surface area (Å²) in [5.74, 6) is 0. The van der Waals surface area contributed by atoms with Crippen LogP contribution in [0.2, 0.25) is 0 Å². The van der Waals surface area contributed by atoms with Gasteiger partial charge in [0, 0.05) is 19.8 Å². The third-order valence-electron chi connectivity index (χ3n) is 1.61. The minimum absolute atomic E-state index is 0.518. The highest BCUT2D eigenvalue weighted by Crippen LogP contribution is 2.45. The quantitative estimate of drug-likeness (QED) is 0.606. The molecule has 3 nitrogen and oxygen atoms in total. The van der Waals surface area contributed by atoms with Crippen molar-refractivity contribution >= 4 is 7.52 Å². The van der Waals surface area contributed by atoms with Crippen molar-refractivity contribution in [2.45, 2.75) is 20.8 Å². The summed E-state index contributed by atoms with van der Waals surface area (Å²) in [4.78, 5) is 0. The molecule has 0 spiro atoms. The van der Waals surface area contributed by atoms with Crippen LogP contribution in [-0.2, 0) is 9.09 Å². The van der Waals surface area contributed by atoms with Crippen molar-refractivity contribution in [1.82, 2.24) is 4.67 Å². The van der Waals surface area contributed by atoms with Crippen LogP contribution >= 0.6 is 7.52 Å². The van der Waals surface area contributed by atoms with E-state index in [4.69, 9.17) is 4.52 Å². The molecule has 0 rings (SSSR count). The fourth-order valence-corrected chi connectivity index (χ4v) is 2.73. The minimum atomic E-state index is -2.47. The second kappa shape index (κ2) is 4.91. The summed E-state index contributed by atoms with van der Waals surface area (Å²) in [5, 5.41) is 0. The second-order valence-electron chi connectivity index (χ2n) is 2.36. The van der Waals surface area contributed by atoms with E-state index < -0.39 is 7.52 Å². The van der Waals surface area contributed by atoms with Crippen LogP contribution in [0.3, 0.4) is 0 Å². The van der Waals surface area contributed by atoms with Gasteiger partial charge < -0.3 is 4.52 Å². The van der Waals surface area contributed by atoms with Gasteiger partial charge in [-0.05, 0) is 6.92 Å². The summed E-state index contributed by atoms with van der Waals surface area (Å²) in [6.45, 7) is 9.58. The predicted octanol–water partition coefficient (Wildman–Crippen LogP) is 2.19. The molecule has 1 atom stereocenters. The summed E-state index contributed by atoms with van der Waals surface area (Å²) >= 11 is 0. The average Bonchev–Trinajstić information content (AvgIpc) is 1.89. The zero-order valence-electron chi connectivity index (χ0n) is 7.83. The number of hydrogen-bond donors (Lipinski definition) is 0. The van der Waals surface area contributed by atoms with Gasteiger partial charge in [0.2, 0.25) is 0 Å². The van der Waals surface area contributed by atoms with Crippen LogP contribution in [0.15, 0.2) is 0 Å². The largest absolute Gasteiger partial charge is 0.318 e. The Morgan fingerprint density at radius 1 is 1.27 bits per heavy atom. The van der Waals surface area contributed by atoms with Crippen molar-refractivity contribution < 1.29 is 9.09 Å². The average molecular weight is 179 g/mol. The molecule has 0 aliphatic carbocycles. The molecule has 11 heavy (non-hydrogen) atoms. The van der Waals surface area contributed by atoms with Crippen molar-refractivity contribution in [2.75, 3.05) is 26.4 Å². The van der Waals surface area contributed by atoms with Crippen LogP contribution in [0.1, 0.15) is 20.8 Å². The molecule has 1 unspecified atom stereocenters. The van der Waals surface area contributed by atoms with Crippen molar-refractivity contribution in [3.8, 4) is 0 Å². The Morgan fingerprint density at radius 2 is 1.73 bits per heavy atom. The molecule has 0 aromatic carbocycles. The third kappa shape index (κ3) is 3.37. The standard InChI is InChI=1S/C7H18NO2P/c1-5-8(6-2)11(4,9)10-7-3/h5-7H2,1-4H3. The molecule has 0 aromatic rings. The Kier molecular flexibility index (Phi) is 4.98. The summed E-state index contributed by atoms with van der Waals surface area (Å²) < 4.78 is 18.7. The van der Waals surface area contributed by atoms with Gasteiger partial charge in [-0.2, -0.15) is 0 Å². The van der Waals surface area contributed by atoms with Gasteiger partial charge in [-0.3, -0.25) is 4.57 Å². The van der Waals surface area contributed by atoms with Gasteiger partial charge in [-0.1, -0.05) is 13.8 Å². The van der Waals surface area contributed by atoms with Gasteiger partial charge in [0.1, 0.15) is 0 Å². The molecule has 0 saturated heterocycles. The first-order valence-corrected chi connectivity index (χ1v) is 6.08. The maximum Gasteiger partial charge on any atom is 0.269 e. The van der Waals surface area contributed by atoms with Gasteiger partial charge in [-0.25, -0.2) is 4.67 Å². The fraction of sp³-hybridized carbons (Fsp3) is 1.00. The summed E-state index contributed by atoms with van der Waals surface area (Å²) in [6, 6.07) is 0. The van der Waals surface area contributed by atoms with Crippen molar-refractivity contribution in [2.24, 2.45) is 0 Å². The Hall–Kier alpha value is 0.150. The molecular formula is C7H18NO2P. The van der Waals surface area contributed by atoms with Gasteiger partial charge in [0.05, 0.1) is 6.61 Å². The number of rotatable bonds is 5. The molecule has 0 aliphatic rings. The van der Waals surface area contributed by atoms with Crippen LogP contribution in [0.25, 0.3) is 0 Å². The summed E-state index contributed by atoms with van der Waals surface area (Å²) in [7, 11) is -2.47. The van der Waals surface area contributed by atoms with Crippen LogP contribution in [-0.4, -0.2) is 31.0 Å². The van der Waals surface area contributed by atoms with E-state index in [9.17, 15) is 4.57 Å². The third-order valence-corrected chi connectivity index (χ3v) is 3.94. The van der Waals surface area contributed by atoms with Gasteiger partial charge in [-0.15, -0.1) is 0 Å². The zero-order chi connectivity index (χ0) is 8.91. The highest BCUT2D eigenvalue weighted by molar-refractivity contribution is 7.55. The van der Waals surface area contributed by atoms with Gasteiger partial charge >= 0.3 is 0 Å². The van der Waals surface area contributed by atoms with E-state index in [1.165, 1.54) is 0 Å². The molecule has 0 saturated carbocycles. The lowest BCUT2D eigenvalue weighted by Crippen LogP contribution is -2.20. The predicted molar refractivity (Wildman–Crippen MR) is 48.1 cm³/mol. The molecule has 0 aliphatic heterocycles. The highest BCUT2D eigenvalue weighted by atomic mass is 31.2. The number of hydrogen-bond acceptors (Lipinski definition) is 2. The molecule has 0 bridgehead atoms. The molecule has 68 valence electrons. The Bertz CT molecular complexity index is 145. The maximum absolute atomic E-state index is 11.7. The SMILES string of the molecule is CCOP(C)(=O)N(CC)CC. The Labute approximate surface area is 69.2 Å². The van der Waals surface area contributed by atoms with E-state index in [0.717, 1.165) is 13.1 Å². The molecule has 0 radical (unpaired) electrons. The molecular weight excluding hydrogens is 161 g/mol. The lowest BCUT2D eigenvalue weighted by molar-refractivity contribution is 0.283. The topological polar surface area (TPSA) is 29.5 Å². The fourth-order valence-electron chi connectivity index (χ4n) is 1.06. The molecule has 0 amide bonds. The normalized spacial score (nSPS) is 16.8. The number of nitrogens with zero attached hydrogens (tertiary/aromatic N) is 1. The molecule has 0 heterocycles. The molecule has 4 heteroatoms. The highest BCUT2D eigenvalue weighted by Gasteiger charge is 2.21. The van der Waals surface area contributed by atoms with E-state index in [1.54, 1.807) is 6.66 Å². The Morgan fingerprint density at radius 3 is 2.00 bits per heavy atom. The first-order chi connectivity index (χ1) is 5.08. The first-order valence-electron chi connectivity index (χ1n) is 4.05. The van der Waals surface area contributed by atoms with E-state index in [1.807, 2.05) is 25.4 Å². The van der Waals surface area contributed by atoms with E-state index in [-0.39, 0.29) is 0 Å². The van der Waals surface area contributed by atoms with Crippen molar-refractivity contribution in [3.05, 3.63) is 0 Å². The minimum Gasteiger partial charge on any atom is -0.318 e. The van der Waals surface area contributed by atoms with Crippen LogP contribution in [0, 0.1) is 0 Å². The van der Waals surface area contributed by atoms with Crippen LogP contribution in [0.4, 0.5) is 0 Å². The van der Waals surface area contributed by atoms with Crippen LogP contribution < -0.4 is 0 Å². The summed E-state index contributed by atoms with van der Waals surface area (Å²) in [5.41, 5.74) is 0. The van der Waals surface area contributed by atoms with E-state index >= 15 is 0 Å². The van der Waals surface area contributed by atoms with Gasteiger partial charge in [0.25, 0.3) is 7.52 Å². The second-order valence-corrected chi connectivity index (χ2v) is 4.79. The van der Waals surface area contributed by atoms with E-state index in [2.05, 4.69) is 0 Å². The lowest BCUT2D eigenvalue weighted by Gasteiger charge is -2.25. The Balaban J connectivity index is 4.13. The van der Waals surface area contributed by atoms with Gasteiger partial charge in [0.15, 0.2) is 0 Å². The maximum atomic E-state index is 11.7. The van der Waals surface area contributed by atoms with Crippen LogP contribution in [0.5, 0.6) is 0 Å². The zero-order valence-corrected chi connectivity index (χ0v) is 8.73. The monoisotopic (exact) mass is 179 g/mol. The summed E-state index contributed by atoms with van der Waals surface area (Å²) in [6.07, 6.45) is 0. The lowest BCUT2D eigenvalue weighted by atomic mass is 10.7. The molecule has 0 N–H and O–H groups in total.